The molecule has 0 bridgehead atoms. The van der Waals surface area contributed by atoms with Crippen LogP contribution < -0.4 is 16.1 Å². The summed E-state index contributed by atoms with van der Waals surface area (Å²) in [5, 5.41) is 13.6. The van der Waals surface area contributed by atoms with Crippen LogP contribution in [0.1, 0.15) is 61.9 Å². The first kappa shape index (κ1) is 28.4. The number of aryl methyl sites for hydroxylation is 1. The number of aromatic nitrogens is 3. The molecule has 1 N–H and O–H groups in total. The van der Waals surface area contributed by atoms with Crippen LogP contribution >= 0.6 is 0 Å². The minimum absolute atomic E-state index is 0.0143. The topological polar surface area (TPSA) is 98.2 Å². The Bertz CT molecular complexity index is 1710. The first-order chi connectivity index (χ1) is 19.1. The van der Waals surface area contributed by atoms with Crippen molar-refractivity contribution in [2.45, 2.75) is 45.4 Å². The molecule has 2 aromatic carbocycles. The molecule has 206 valence electrons. The standard InChI is InChI=1S/C31H29F2N3O4/c1-19(27-18-28(40-35-27)20(2)22-9-11-23(32)12-10-22)8-17-26-21(3)34-29(6-4-5-7-30(37)38)36(31(26)39)25-15-13-24(33)14-16-25/h8-18,20H,3-7H2,1-2H3,(H,37,38). The summed E-state index contributed by atoms with van der Waals surface area (Å²) in [6, 6.07) is 13.5. The van der Waals surface area contributed by atoms with Crippen LogP contribution in [-0.4, -0.2) is 25.8 Å². The van der Waals surface area contributed by atoms with Gasteiger partial charge in [0.15, 0.2) is 0 Å². The van der Waals surface area contributed by atoms with Gasteiger partial charge in [-0.15, -0.1) is 0 Å². The largest absolute Gasteiger partial charge is 0.481 e. The Hall–Kier alpha value is -4.66. The molecule has 0 amide bonds. The highest BCUT2D eigenvalue weighted by Crippen LogP contribution is 2.26. The summed E-state index contributed by atoms with van der Waals surface area (Å²) in [4.78, 5) is 29.1. The lowest BCUT2D eigenvalue weighted by Crippen LogP contribution is -2.47. The molecular weight excluding hydrogens is 516 g/mol. The summed E-state index contributed by atoms with van der Waals surface area (Å²) in [5.41, 5.74) is 2.25. The van der Waals surface area contributed by atoms with Crippen LogP contribution in [0, 0.1) is 11.6 Å². The molecule has 0 radical (unpaired) electrons. The number of halogens is 2. The molecule has 7 nitrogen and oxygen atoms in total. The van der Waals surface area contributed by atoms with Crippen molar-refractivity contribution in [2.24, 2.45) is 0 Å². The Balaban J connectivity index is 1.68. The molecule has 4 rings (SSSR count). The molecule has 1 atom stereocenters. The second-order valence-corrected chi connectivity index (χ2v) is 9.51. The number of aliphatic carboxylic acids is 1. The summed E-state index contributed by atoms with van der Waals surface area (Å²) in [7, 11) is 0. The first-order valence-electron chi connectivity index (χ1n) is 12.8. The number of carboxylic acids is 1. The smallest absolute Gasteiger partial charge is 0.303 e. The Morgan fingerprint density at radius 2 is 1.75 bits per heavy atom. The fraction of sp³-hybridized carbons (Fsp3) is 0.226. The van der Waals surface area contributed by atoms with Gasteiger partial charge >= 0.3 is 5.97 Å². The van der Waals surface area contributed by atoms with Gasteiger partial charge in [0, 0.05) is 24.8 Å². The molecule has 0 aliphatic heterocycles. The number of hydrogen-bond acceptors (Lipinski definition) is 5. The van der Waals surface area contributed by atoms with E-state index in [-0.39, 0.29) is 34.3 Å². The minimum Gasteiger partial charge on any atom is -0.481 e. The fourth-order valence-electron chi connectivity index (χ4n) is 4.27. The minimum atomic E-state index is -0.891. The number of nitrogens with zero attached hydrogens (tertiary/aromatic N) is 3. The normalized spacial score (nSPS) is 13.0. The van der Waals surface area contributed by atoms with E-state index in [1.807, 2.05) is 13.8 Å². The van der Waals surface area contributed by atoms with Crippen LogP contribution in [0.15, 0.2) is 70.0 Å². The van der Waals surface area contributed by atoms with Crippen LogP contribution in [-0.2, 0) is 11.2 Å². The fourth-order valence-corrected chi connectivity index (χ4v) is 4.27. The lowest BCUT2D eigenvalue weighted by molar-refractivity contribution is -0.137. The van der Waals surface area contributed by atoms with Gasteiger partial charge in [0.25, 0.3) is 5.56 Å². The zero-order chi connectivity index (χ0) is 28.8. The molecular formula is C31H29F2N3O4. The second-order valence-electron chi connectivity index (χ2n) is 9.51. The summed E-state index contributed by atoms with van der Waals surface area (Å²) >= 11 is 0. The van der Waals surface area contributed by atoms with Crippen LogP contribution in [0.25, 0.3) is 23.9 Å². The van der Waals surface area contributed by atoms with E-state index in [4.69, 9.17) is 9.63 Å². The Morgan fingerprint density at radius 1 is 1.10 bits per heavy atom. The average Bonchev–Trinajstić information content (AvgIpc) is 3.42. The monoisotopic (exact) mass is 545 g/mol. The number of carbonyl (C=O) groups is 1. The number of unbranched alkanes of at least 4 members (excludes halogenated alkanes) is 1. The van der Waals surface area contributed by atoms with Gasteiger partial charge in [-0.2, -0.15) is 0 Å². The molecule has 9 heteroatoms. The summed E-state index contributed by atoms with van der Waals surface area (Å²) in [6.07, 6.45) is 4.63. The number of benzene rings is 2. The van der Waals surface area contributed by atoms with E-state index in [0.29, 0.717) is 42.2 Å². The quantitative estimate of drug-likeness (QED) is 0.289. The lowest BCUT2D eigenvalue weighted by Gasteiger charge is -2.12. The van der Waals surface area contributed by atoms with Crippen molar-refractivity contribution in [3.05, 3.63) is 116 Å². The number of hydrogen-bond donors (Lipinski definition) is 1. The zero-order valence-corrected chi connectivity index (χ0v) is 22.2. The third kappa shape index (κ3) is 6.66. The van der Waals surface area contributed by atoms with Crippen LogP contribution in [0.5, 0.6) is 0 Å². The zero-order valence-electron chi connectivity index (χ0n) is 22.2. The summed E-state index contributed by atoms with van der Waals surface area (Å²) in [6.45, 7) is 7.73. The van der Waals surface area contributed by atoms with Crippen molar-refractivity contribution in [2.75, 3.05) is 0 Å². The van der Waals surface area contributed by atoms with E-state index in [1.165, 1.54) is 41.0 Å². The van der Waals surface area contributed by atoms with E-state index in [0.717, 1.165) is 11.1 Å². The molecule has 0 aliphatic rings. The van der Waals surface area contributed by atoms with E-state index in [1.54, 1.807) is 30.4 Å². The van der Waals surface area contributed by atoms with E-state index < -0.39 is 11.8 Å². The number of carboxylic acid groups (broad SMARTS) is 1. The van der Waals surface area contributed by atoms with Crippen molar-refractivity contribution in [3.8, 4) is 5.69 Å². The third-order valence-electron chi connectivity index (χ3n) is 6.62. The Morgan fingerprint density at radius 3 is 2.40 bits per heavy atom. The molecule has 0 saturated carbocycles. The van der Waals surface area contributed by atoms with Crippen molar-refractivity contribution >= 4 is 24.2 Å². The molecule has 1 unspecified atom stereocenters. The molecule has 2 heterocycles. The van der Waals surface area contributed by atoms with Crippen molar-refractivity contribution in [3.63, 3.8) is 0 Å². The van der Waals surface area contributed by atoms with Gasteiger partial charge in [0.05, 0.1) is 16.3 Å². The third-order valence-corrected chi connectivity index (χ3v) is 6.62. The van der Waals surface area contributed by atoms with Gasteiger partial charge in [-0.3, -0.25) is 14.2 Å². The average molecular weight is 546 g/mol. The second kappa shape index (κ2) is 12.5. The van der Waals surface area contributed by atoms with Crippen LogP contribution in [0.4, 0.5) is 8.78 Å². The van der Waals surface area contributed by atoms with Crippen LogP contribution in [0.2, 0.25) is 0 Å². The lowest BCUT2D eigenvalue weighted by atomic mass is 9.98. The summed E-state index contributed by atoms with van der Waals surface area (Å²) < 4.78 is 33.8. The first-order valence-corrected chi connectivity index (χ1v) is 12.8. The van der Waals surface area contributed by atoms with Gasteiger partial charge in [0.1, 0.15) is 28.9 Å². The predicted octanol–water partition coefficient (Wildman–Crippen LogP) is 4.74. The van der Waals surface area contributed by atoms with Gasteiger partial charge in [-0.05, 0) is 73.4 Å². The van der Waals surface area contributed by atoms with Crippen molar-refractivity contribution < 1.29 is 23.2 Å². The van der Waals surface area contributed by atoms with Gasteiger partial charge in [0.2, 0.25) is 0 Å². The van der Waals surface area contributed by atoms with Crippen LogP contribution in [0.3, 0.4) is 0 Å². The van der Waals surface area contributed by atoms with Gasteiger partial charge < -0.3 is 9.63 Å². The highest BCUT2D eigenvalue weighted by atomic mass is 19.1. The predicted molar refractivity (Wildman–Crippen MR) is 148 cm³/mol. The summed E-state index contributed by atoms with van der Waals surface area (Å²) in [5.74, 6) is -0.751. The molecule has 0 saturated heterocycles. The molecule has 4 aromatic rings. The number of allylic oxidation sites excluding steroid dienone is 2. The highest BCUT2D eigenvalue weighted by Gasteiger charge is 2.16. The molecule has 40 heavy (non-hydrogen) atoms. The molecule has 0 fully saturated rings. The van der Waals surface area contributed by atoms with E-state index in [9.17, 15) is 18.4 Å². The SMILES string of the molecule is C=c1nc(CCCCC(=O)O)n(-c2ccc(F)cc2)c(=O)c1=CC=C(C)c1cc(C(C)c2ccc(F)cc2)on1. The Kier molecular flexibility index (Phi) is 8.83. The van der Waals surface area contributed by atoms with E-state index in [2.05, 4.69) is 16.7 Å². The van der Waals surface area contributed by atoms with Gasteiger partial charge in [-0.25, -0.2) is 13.8 Å². The van der Waals surface area contributed by atoms with Crippen molar-refractivity contribution in [1.82, 2.24) is 14.7 Å². The molecule has 0 aliphatic carbocycles. The maximum absolute atomic E-state index is 13.6. The molecule has 2 aromatic heterocycles. The van der Waals surface area contributed by atoms with E-state index >= 15 is 0 Å². The van der Waals surface area contributed by atoms with Crippen molar-refractivity contribution in [1.29, 1.82) is 0 Å². The highest BCUT2D eigenvalue weighted by molar-refractivity contribution is 5.67. The Labute approximate surface area is 229 Å². The molecule has 0 spiro atoms. The maximum atomic E-state index is 13.6. The maximum Gasteiger partial charge on any atom is 0.303 e. The number of rotatable bonds is 10. The van der Waals surface area contributed by atoms with Gasteiger partial charge in [-0.1, -0.05) is 36.9 Å².